The molecule has 0 aliphatic carbocycles. The van der Waals surface area contributed by atoms with E-state index in [1.165, 1.54) is 0 Å². The molecule has 4 heteroatoms. The number of hydrogen-bond acceptors (Lipinski definition) is 3. The van der Waals surface area contributed by atoms with Crippen LogP contribution < -0.4 is 5.30 Å². The van der Waals surface area contributed by atoms with E-state index in [-0.39, 0.29) is 11.6 Å². The second-order valence-corrected chi connectivity index (χ2v) is 9.73. The van der Waals surface area contributed by atoms with Gasteiger partial charge in [0, 0.05) is 0 Å². The Bertz CT molecular complexity index is 453. The third-order valence-electron chi connectivity index (χ3n) is 3.38. The molecule has 0 spiro atoms. The van der Waals surface area contributed by atoms with Crippen LogP contribution in [0.2, 0.25) is 0 Å². The van der Waals surface area contributed by atoms with E-state index in [4.69, 9.17) is 0 Å². The molecule has 0 fully saturated rings. The third-order valence-corrected chi connectivity index (χ3v) is 5.89. The van der Waals surface area contributed by atoms with Crippen molar-refractivity contribution >= 4 is 12.6 Å². The van der Waals surface area contributed by atoms with Crippen molar-refractivity contribution in [3.8, 4) is 0 Å². The van der Waals surface area contributed by atoms with Crippen LogP contribution in [-0.2, 0) is 5.41 Å². The van der Waals surface area contributed by atoms with Gasteiger partial charge in [-0.05, 0) is 0 Å². The topological polar surface area (TPSA) is 60.7 Å². The van der Waals surface area contributed by atoms with Gasteiger partial charge >= 0.3 is 116 Å². The van der Waals surface area contributed by atoms with Crippen LogP contribution in [0.5, 0.6) is 0 Å². The maximum atomic E-state index is 10.5. The Kier molecular flexibility index (Phi) is 4.49. The summed E-state index contributed by atoms with van der Waals surface area (Å²) < 4.78 is 0. The van der Waals surface area contributed by atoms with Gasteiger partial charge in [0.15, 0.2) is 0 Å². The molecule has 0 aliphatic heterocycles. The van der Waals surface area contributed by atoms with E-state index in [1.54, 1.807) is 6.07 Å². The molecule has 19 heavy (non-hydrogen) atoms. The maximum absolute atomic E-state index is 10.5. The molecule has 3 N–H and O–H groups in total. The number of benzene rings is 1. The van der Waals surface area contributed by atoms with Gasteiger partial charge in [-0.25, -0.2) is 0 Å². The fourth-order valence-electron chi connectivity index (χ4n) is 2.22. The zero-order valence-corrected chi connectivity index (χ0v) is 13.5. The van der Waals surface area contributed by atoms with Crippen molar-refractivity contribution in [1.82, 2.24) is 0 Å². The van der Waals surface area contributed by atoms with Crippen LogP contribution in [0.15, 0.2) is 18.2 Å². The molecule has 0 atom stereocenters. The minimum absolute atomic E-state index is 0.0360. The van der Waals surface area contributed by atoms with Gasteiger partial charge in [0.05, 0.1) is 0 Å². The normalized spacial score (nSPS) is 15.1. The summed E-state index contributed by atoms with van der Waals surface area (Å²) in [7, 11) is -4.76. The second kappa shape index (κ2) is 5.14. The van der Waals surface area contributed by atoms with Crippen molar-refractivity contribution in [2.75, 3.05) is 6.16 Å². The van der Waals surface area contributed by atoms with Gasteiger partial charge < -0.3 is 0 Å². The van der Waals surface area contributed by atoms with Crippen molar-refractivity contribution in [2.24, 2.45) is 0 Å². The Labute approximate surface area is 116 Å². The predicted octanol–water partition coefficient (Wildman–Crippen LogP) is 2.99. The van der Waals surface area contributed by atoms with Crippen molar-refractivity contribution in [3.63, 3.8) is 0 Å². The Morgan fingerprint density at radius 1 is 1.11 bits per heavy atom. The molecule has 1 aromatic rings. The van der Waals surface area contributed by atoms with E-state index in [1.807, 2.05) is 46.8 Å². The standard InChI is InChI=1S/C15H27O3P/c1-6-7-10-19(16,17,18)14-9-8-12(2)11-13(14)15(3,4)5/h8-9,11,16-18H,6-7,10H2,1-5H3. The van der Waals surface area contributed by atoms with E-state index >= 15 is 0 Å². The summed E-state index contributed by atoms with van der Waals surface area (Å²) in [4.78, 5) is 31.4. The molecule has 0 saturated carbocycles. The fourth-order valence-corrected chi connectivity index (χ4v) is 4.63. The molecule has 0 unspecified atom stereocenters. The van der Waals surface area contributed by atoms with Crippen molar-refractivity contribution in [3.05, 3.63) is 29.3 Å². The number of unbranched alkanes of at least 4 members (excludes halogenated alkanes) is 1. The number of hydrogen-bond donors (Lipinski definition) is 3. The van der Waals surface area contributed by atoms with Gasteiger partial charge in [-0.3, -0.25) is 0 Å². The monoisotopic (exact) mass is 286 g/mol. The summed E-state index contributed by atoms with van der Waals surface area (Å²) in [5, 5.41) is 0.317. The van der Waals surface area contributed by atoms with Gasteiger partial charge in [-0.1, -0.05) is 0 Å². The van der Waals surface area contributed by atoms with Crippen LogP contribution in [0.1, 0.15) is 51.7 Å². The van der Waals surface area contributed by atoms with Gasteiger partial charge in [0.25, 0.3) is 0 Å². The van der Waals surface area contributed by atoms with Gasteiger partial charge in [0.1, 0.15) is 0 Å². The first kappa shape index (κ1) is 16.6. The van der Waals surface area contributed by atoms with Gasteiger partial charge in [-0.15, -0.1) is 0 Å². The number of aryl methyl sites for hydroxylation is 1. The Morgan fingerprint density at radius 3 is 2.16 bits per heavy atom. The Hall–Kier alpha value is -0.470. The molecular formula is C15H27O3P. The van der Waals surface area contributed by atoms with Crippen LogP contribution >= 0.6 is 7.28 Å². The van der Waals surface area contributed by atoms with Crippen molar-refractivity contribution < 1.29 is 14.7 Å². The fraction of sp³-hybridized carbons (Fsp3) is 0.600. The molecule has 3 nitrogen and oxygen atoms in total. The summed E-state index contributed by atoms with van der Waals surface area (Å²) in [5.74, 6) is 0. The summed E-state index contributed by atoms with van der Waals surface area (Å²) >= 11 is 0. The molecule has 0 radical (unpaired) electrons. The van der Waals surface area contributed by atoms with E-state index in [0.29, 0.717) is 11.7 Å². The average Bonchev–Trinajstić information content (AvgIpc) is 2.24. The van der Waals surface area contributed by atoms with Crippen LogP contribution in [0.4, 0.5) is 0 Å². The summed E-state index contributed by atoms with van der Waals surface area (Å²) in [5.41, 5.74) is 1.62. The molecule has 0 aromatic heterocycles. The quantitative estimate of drug-likeness (QED) is 0.746. The van der Waals surface area contributed by atoms with Gasteiger partial charge in [0.2, 0.25) is 0 Å². The molecule has 0 saturated heterocycles. The average molecular weight is 286 g/mol. The molecule has 0 bridgehead atoms. The zero-order chi connectivity index (χ0) is 14.9. The van der Waals surface area contributed by atoms with E-state index in [0.717, 1.165) is 17.5 Å². The van der Waals surface area contributed by atoms with Crippen LogP contribution in [-0.4, -0.2) is 20.8 Å². The SMILES string of the molecule is CCCCP(O)(O)(O)c1ccc(C)cc1C(C)(C)C. The molecule has 1 aromatic carbocycles. The molecule has 0 amide bonds. The minimum atomic E-state index is -4.76. The first-order valence-corrected chi connectivity index (χ1v) is 9.11. The Balaban J connectivity index is 3.41. The van der Waals surface area contributed by atoms with E-state index < -0.39 is 7.28 Å². The van der Waals surface area contributed by atoms with Crippen molar-refractivity contribution in [1.29, 1.82) is 0 Å². The van der Waals surface area contributed by atoms with Crippen LogP contribution in [0, 0.1) is 6.92 Å². The summed E-state index contributed by atoms with van der Waals surface area (Å²) in [6.07, 6.45) is 1.45. The zero-order valence-electron chi connectivity index (χ0n) is 12.6. The third kappa shape index (κ3) is 4.00. The summed E-state index contributed by atoms with van der Waals surface area (Å²) in [6.45, 7) is 9.96. The van der Waals surface area contributed by atoms with Crippen LogP contribution in [0.25, 0.3) is 0 Å². The molecule has 1 rings (SSSR count). The summed E-state index contributed by atoms with van der Waals surface area (Å²) in [6, 6.07) is 5.43. The van der Waals surface area contributed by atoms with Crippen LogP contribution in [0.3, 0.4) is 0 Å². The van der Waals surface area contributed by atoms with E-state index in [2.05, 4.69) is 0 Å². The Morgan fingerprint density at radius 2 is 1.68 bits per heavy atom. The van der Waals surface area contributed by atoms with Crippen molar-refractivity contribution in [2.45, 2.75) is 52.9 Å². The first-order valence-electron chi connectivity index (χ1n) is 6.83. The van der Waals surface area contributed by atoms with Gasteiger partial charge in [-0.2, -0.15) is 0 Å². The first-order chi connectivity index (χ1) is 8.46. The second-order valence-electron chi connectivity index (χ2n) is 6.50. The number of rotatable bonds is 4. The molecule has 0 heterocycles. The molecule has 0 aliphatic rings. The predicted molar refractivity (Wildman–Crippen MR) is 82.9 cm³/mol. The van der Waals surface area contributed by atoms with E-state index in [9.17, 15) is 14.7 Å². The molecular weight excluding hydrogens is 259 g/mol. The molecule has 110 valence electrons.